The fourth-order valence-electron chi connectivity index (χ4n) is 1.77. The molecule has 21 heavy (non-hydrogen) atoms. The first-order chi connectivity index (χ1) is 10.2. The average Bonchev–Trinajstić information content (AvgIpc) is 2.49. The van der Waals surface area contributed by atoms with E-state index in [0.29, 0.717) is 6.54 Å². The van der Waals surface area contributed by atoms with Crippen molar-refractivity contribution in [1.82, 2.24) is 5.43 Å². The Labute approximate surface area is 125 Å². The Kier molecular flexibility index (Phi) is 5.35. The van der Waals surface area contributed by atoms with E-state index in [1.165, 1.54) is 11.1 Å². The second-order valence-corrected chi connectivity index (χ2v) is 4.81. The molecule has 0 aliphatic rings. The van der Waals surface area contributed by atoms with Gasteiger partial charge in [-0.1, -0.05) is 6.07 Å². The van der Waals surface area contributed by atoms with Gasteiger partial charge in [0.2, 0.25) is 0 Å². The molecular formula is C17H20N2O2. The van der Waals surface area contributed by atoms with Crippen LogP contribution in [-0.4, -0.2) is 24.5 Å². The smallest absolute Gasteiger partial charge is 0.127 e. The maximum atomic E-state index is 8.62. The number of aliphatic hydroxyl groups is 1. The summed E-state index contributed by atoms with van der Waals surface area (Å²) in [5.74, 6) is 1.63. The lowest BCUT2D eigenvalue weighted by Gasteiger charge is -2.08. The van der Waals surface area contributed by atoms with Gasteiger partial charge in [-0.2, -0.15) is 5.10 Å². The van der Waals surface area contributed by atoms with E-state index in [4.69, 9.17) is 9.84 Å². The molecule has 2 N–H and O–H groups in total. The van der Waals surface area contributed by atoms with Gasteiger partial charge >= 0.3 is 0 Å². The van der Waals surface area contributed by atoms with Gasteiger partial charge in [-0.15, -0.1) is 0 Å². The zero-order valence-electron chi connectivity index (χ0n) is 12.3. The molecule has 2 rings (SSSR count). The molecule has 0 spiro atoms. The molecular weight excluding hydrogens is 264 g/mol. The molecule has 0 saturated heterocycles. The summed E-state index contributed by atoms with van der Waals surface area (Å²) >= 11 is 0. The van der Waals surface area contributed by atoms with Gasteiger partial charge in [0.15, 0.2) is 0 Å². The Morgan fingerprint density at radius 1 is 1.05 bits per heavy atom. The molecule has 0 aliphatic heterocycles. The van der Waals surface area contributed by atoms with Gasteiger partial charge < -0.3 is 15.3 Å². The van der Waals surface area contributed by atoms with Crippen LogP contribution in [0.1, 0.15) is 16.7 Å². The van der Waals surface area contributed by atoms with Gasteiger partial charge in [-0.25, -0.2) is 0 Å². The van der Waals surface area contributed by atoms with Crippen LogP contribution < -0.4 is 10.2 Å². The highest BCUT2D eigenvalue weighted by Gasteiger charge is 1.99. The summed E-state index contributed by atoms with van der Waals surface area (Å²) in [5, 5.41) is 12.6. The number of rotatable bonds is 6. The van der Waals surface area contributed by atoms with Crippen LogP contribution in [0.3, 0.4) is 0 Å². The molecule has 2 aromatic carbocycles. The van der Waals surface area contributed by atoms with Crippen molar-refractivity contribution in [2.24, 2.45) is 5.10 Å². The zero-order valence-corrected chi connectivity index (χ0v) is 12.3. The molecule has 0 saturated carbocycles. The monoisotopic (exact) mass is 284 g/mol. The van der Waals surface area contributed by atoms with E-state index in [1.54, 1.807) is 6.21 Å². The van der Waals surface area contributed by atoms with E-state index < -0.39 is 0 Å². The van der Waals surface area contributed by atoms with Crippen LogP contribution >= 0.6 is 0 Å². The number of hydrazone groups is 1. The highest BCUT2D eigenvalue weighted by molar-refractivity contribution is 5.79. The van der Waals surface area contributed by atoms with E-state index >= 15 is 0 Å². The van der Waals surface area contributed by atoms with Crippen molar-refractivity contribution in [3.63, 3.8) is 0 Å². The summed E-state index contributed by atoms with van der Waals surface area (Å²) in [6.45, 7) is 4.67. The molecule has 0 atom stereocenters. The van der Waals surface area contributed by atoms with E-state index in [9.17, 15) is 0 Å². The Morgan fingerprint density at radius 2 is 1.76 bits per heavy atom. The van der Waals surface area contributed by atoms with Crippen molar-refractivity contribution >= 4 is 6.21 Å². The van der Waals surface area contributed by atoms with Gasteiger partial charge in [0, 0.05) is 0 Å². The molecule has 0 heterocycles. The molecule has 0 fully saturated rings. The summed E-state index contributed by atoms with van der Waals surface area (Å²) in [5.41, 5.74) is 6.17. The summed E-state index contributed by atoms with van der Waals surface area (Å²) in [6.07, 6.45) is 1.70. The predicted octanol–water partition coefficient (Wildman–Crippen LogP) is 3.01. The first-order valence-corrected chi connectivity index (χ1v) is 6.91. The minimum atomic E-state index is 0.0695. The van der Waals surface area contributed by atoms with Crippen LogP contribution in [0.25, 0.3) is 0 Å². The van der Waals surface area contributed by atoms with Gasteiger partial charge in [0.25, 0.3) is 0 Å². The van der Waals surface area contributed by atoms with Crippen LogP contribution in [0, 0.1) is 13.8 Å². The largest absolute Gasteiger partial charge is 0.457 e. The molecule has 0 bridgehead atoms. The van der Waals surface area contributed by atoms with E-state index in [0.717, 1.165) is 17.1 Å². The van der Waals surface area contributed by atoms with E-state index in [2.05, 4.69) is 30.4 Å². The zero-order chi connectivity index (χ0) is 15.1. The molecule has 4 heteroatoms. The van der Waals surface area contributed by atoms with E-state index in [-0.39, 0.29) is 6.61 Å². The minimum absolute atomic E-state index is 0.0695. The minimum Gasteiger partial charge on any atom is -0.457 e. The van der Waals surface area contributed by atoms with Crippen LogP contribution in [0.5, 0.6) is 11.5 Å². The quantitative estimate of drug-likeness (QED) is 0.487. The molecule has 2 aromatic rings. The lowest BCUT2D eigenvalue weighted by atomic mass is 10.1. The second kappa shape index (κ2) is 7.45. The van der Waals surface area contributed by atoms with Crippen molar-refractivity contribution in [1.29, 1.82) is 0 Å². The number of benzene rings is 2. The number of nitrogens with zero attached hydrogens (tertiary/aromatic N) is 1. The third kappa shape index (κ3) is 4.61. The number of ether oxygens (including phenoxy) is 1. The molecule has 0 aliphatic carbocycles. The SMILES string of the molecule is Cc1ccc(Oc2ccc(C=NNCCO)cc2)cc1C. The molecule has 0 aromatic heterocycles. The third-order valence-electron chi connectivity index (χ3n) is 3.12. The van der Waals surface area contributed by atoms with Crippen molar-refractivity contribution in [3.05, 3.63) is 59.2 Å². The van der Waals surface area contributed by atoms with Crippen molar-refractivity contribution in [2.75, 3.05) is 13.2 Å². The molecule has 0 unspecified atom stereocenters. The number of aliphatic hydroxyl groups excluding tert-OH is 1. The van der Waals surface area contributed by atoms with E-state index in [1.807, 2.05) is 36.4 Å². The fourth-order valence-corrected chi connectivity index (χ4v) is 1.77. The Morgan fingerprint density at radius 3 is 2.43 bits per heavy atom. The average molecular weight is 284 g/mol. The summed E-state index contributed by atoms with van der Waals surface area (Å²) < 4.78 is 5.82. The number of nitrogens with one attached hydrogen (secondary N) is 1. The van der Waals surface area contributed by atoms with Gasteiger partial charge in [-0.05, 0) is 66.9 Å². The maximum Gasteiger partial charge on any atom is 0.127 e. The summed E-state index contributed by atoms with van der Waals surface area (Å²) in [7, 11) is 0. The number of aryl methyl sites for hydroxylation is 2. The predicted molar refractivity (Wildman–Crippen MR) is 85.1 cm³/mol. The van der Waals surface area contributed by atoms with Gasteiger partial charge in [0.05, 0.1) is 19.4 Å². The molecule has 0 amide bonds. The number of hydrogen-bond acceptors (Lipinski definition) is 4. The highest BCUT2D eigenvalue weighted by Crippen LogP contribution is 2.23. The van der Waals surface area contributed by atoms with Crippen LogP contribution in [0.2, 0.25) is 0 Å². The molecule has 0 radical (unpaired) electrons. The normalized spacial score (nSPS) is 10.8. The maximum absolute atomic E-state index is 8.62. The van der Waals surface area contributed by atoms with Crippen molar-refractivity contribution in [2.45, 2.75) is 13.8 Å². The Hall–Kier alpha value is -2.33. The Balaban J connectivity index is 1.98. The molecule has 4 nitrogen and oxygen atoms in total. The number of hydrogen-bond donors (Lipinski definition) is 2. The summed E-state index contributed by atoms with van der Waals surface area (Å²) in [6, 6.07) is 13.7. The first-order valence-electron chi connectivity index (χ1n) is 6.91. The highest BCUT2D eigenvalue weighted by atomic mass is 16.5. The summed E-state index contributed by atoms with van der Waals surface area (Å²) in [4.78, 5) is 0. The molecule has 110 valence electrons. The topological polar surface area (TPSA) is 53.8 Å². The third-order valence-corrected chi connectivity index (χ3v) is 3.12. The first kappa shape index (κ1) is 15.1. The fraction of sp³-hybridized carbons (Fsp3) is 0.235. The van der Waals surface area contributed by atoms with Crippen molar-refractivity contribution in [3.8, 4) is 11.5 Å². The Bertz CT molecular complexity index is 607. The standard InChI is InChI=1S/C17H20N2O2/c1-13-3-6-17(11-14(13)2)21-16-7-4-15(5-8-16)12-19-18-9-10-20/h3-8,11-12,18,20H,9-10H2,1-2H3. The van der Waals surface area contributed by atoms with Gasteiger partial charge in [-0.3, -0.25) is 0 Å². The van der Waals surface area contributed by atoms with Gasteiger partial charge in [0.1, 0.15) is 11.5 Å². The lowest BCUT2D eigenvalue weighted by molar-refractivity contribution is 0.294. The van der Waals surface area contributed by atoms with Crippen molar-refractivity contribution < 1.29 is 9.84 Å². The van der Waals surface area contributed by atoms with Crippen LogP contribution in [0.4, 0.5) is 0 Å². The second-order valence-electron chi connectivity index (χ2n) is 4.81. The van der Waals surface area contributed by atoms with Crippen LogP contribution in [-0.2, 0) is 0 Å². The van der Waals surface area contributed by atoms with Crippen LogP contribution in [0.15, 0.2) is 47.6 Å². The lowest BCUT2D eigenvalue weighted by Crippen LogP contribution is -2.11.